The second-order valence-electron chi connectivity index (χ2n) is 4.97. The van der Waals surface area contributed by atoms with Gasteiger partial charge in [-0.3, -0.25) is 0 Å². The standard InChI is InChI=1S/C15H18N2S2/c1-11-9-19-15(17-11)10-18-14-4-2-3-12(7-14)8-16-13-5-6-13/h2-4,7,9,13,16H,5-6,8,10H2,1H3. The van der Waals surface area contributed by atoms with Crippen molar-refractivity contribution in [2.24, 2.45) is 0 Å². The van der Waals surface area contributed by atoms with Gasteiger partial charge in [-0.25, -0.2) is 4.98 Å². The van der Waals surface area contributed by atoms with Crippen molar-refractivity contribution in [3.63, 3.8) is 0 Å². The maximum Gasteiger partial charge on any atom is 0.103 e. The van der Waals surface area contributed by atoms with E-state index in [0.717, 1.165) is 24.0 Å². The van der Waals surface area contributed by atoms with E-state index < -0.39 is 0 Å². The molecule has 2 aromatic rings. The van der Waals surface area contributed by atoms with Gasteiger partial charge in [0.2, 0.25) is 0 Å². The summed E-state index contributed by atoms with van der Waals surface area (Å²) in [6.07, 6.45) is 2.69. The summed E-state index contributed by atoms with van der Waals surface area (Å²) in [6, 6.07) is 9.60. The molecule has 2 nitrogen and oxygen atoms in total. The summed E-state index contributed by atoms with van der Waals surface area (Å²) in [7, 11) is 0. The maximum absolute atomic E-state index is 4.50. The van der Waals surface area contributed by atoms with Crippen molar-refractivity contribution >= 4 is 23.1 Å². The van der Waals surface area contributed by atoms with Gasteiger partial charge in [0, 0.05) is 28.6 Å². The number of thioether (sulfide) groups is 1. The molecule has 3 rings (SSSR count). The molecule has 0 atom stereocenters. The molecule has 0 bridgehead atoms. The van der Waals surface area contributed by atoms with Crippen LogP contribution in [0.2, 0.25) is 0 Å². The summed E-state index contributed by atoms with van der Waals surface area (Å²) in [4.78, 5) is 5.84. The molecule has 1 fully saturated rings. The molecule has 0 radical (unpaired) electrons. The van der Waals surface area contributed by atoms with Gasteiger partial charge >= 0.3 is 0 Å². The fourth-order valence-corrected chi connectivity index (χ4v) is 3.68. The average molecular weight is 290 g/mol. The lowest BCUT2D eigenvalue weighted by Crippen LogP contribution is -2.15. The van der Waals surface area contributed by atoms with E-state index in [1.54, 1.807) is 11.3 Å². The van der Waals surface area contributed by atoms with Gasteiger partial charge in [0.1, 0.15) is 5.01 Å². The van der Waals surface area contributed by atoms with Gasteiger partial charge in [-0.2, -0.15) is 0 Å². The van der Waals surface area contributed by atoms with E-state index in [4.69, 9.17) is 0 Å². The van der Waals surface area contributed by atoms with Crippen molar-refractivity contribution in [3.05, 3.63) is 45.9 Å². The van der Waals surface area contributed by atoms with Crippen molar-refractivity contribution in [1.29, 1.82) is 0 Å². The van der Waals surface area contributed by atoms with Crippen LogP contribution < -0.4 is 5.32 Å². The van der Waals surface area contributed by atoms with Crippen LogP contribution in [0.3, 0.4) is 0 Å². The van der Waals surface area contributed by atoms with Gasteiger partial charge in [-0.05, 0) is 37.5 Å². The Morgan fingerprint density at radius 1 is 1.42 bits per heavy atom. The Balaban J connectivity index is 1.55. The maximum atomic E-state index is 4.50. The summed E-state index contributed by atoms with van der Waals surface area (Å²) < 4.78 is 0. The number of rotatable bonds is 6. The summed E-state index contributed by atoms with van der Waals surface area (Å²) in [5.74, 6) is 0.970. The number of nitrogens with one attached hydrogen (secondary N) is 1. The van der Waals surface area contributed by atoms with Gasteiger partial charge in [0.25, 0.3) is 0 Å². The highest BCUT2D eigenvalue weighted by Crippen LogP contribution is 2.25. The summed E-state index contributed by atoms with van der Waals surface area (Å²) in [5, 5.41) is 6.89. The highest BCUT2D eigenvalue weighted by molar-refractivity contribution is 7.98. The van der Waals surface area contributed by atoms with Crippen LogP contribution in [0.1, 0.15) is 29.1 Å². The summed E-state index contributed by atoms with van der Waals surface area (Å²) in [6.45, 7) is 3.05. The van der Waals surface area contributed by atoms with Crippen LogP contribution in [0.5, 0.6) is 0 Å². The minimum absolute atomic E-state index is 0.773. The van der Waals surface area contributed by atoms with Crippen LogP contribution >= 0.6 is 23.1 Å². The van der Waals surface area contributed by atoms with Gasteiger partial charge in [-0.15, -0.1) is 23.1 Å². The van der Waals surface area contributed by atoms with Crippen LogP contribution in [-0.2, 0) is 12.3 Å². The molecule has 1 aliphatic rings. The topological polar surface area (TPSA) is 24.9 Å². The van der Waals surface area contributed by atoms with E-state index in [-0.39, 0.29) is 0 Å². The predicted octanol–water partition coefficient (Wildman–Crippen LogP) is 4.00. The van der Waals surface area contributed by atoms with E-state index in [0.29, 0.717) is 0 Å². The minimum atomic E-state index is 0.773. The lowest BCUT2D eigenvalue weighted by atomic mass is 10.2. The zero-order chi connectivity index (χ0) is 13.1. The molecule has 0 spiro atoms. The third-order valence-electron chi connectivity index (χ3n) is 3.10. The number of aryl methyl sites for hydroxylation is 1. The number of hydrogen-bond acceptors (Lipinski definition) is 4. The first kappa shape index (κ1) is 13.2. The summed E-state index contributed by atoms with van der Waals surface area (Å²) in [5.41, 5.74) is 2.51. The highest BCUT2D eigenvalue weighted by atomic mass is 32.2. The third-order valence-corrected chi connectivity index (χ3v) is 5.25. The Bertz CT molecular complexity index is 547. The number of nitrogens with zero attached hydrogens (tertiary/aromatic N) is 1. The van der Waals surface area contributed by atoms with E-state index in [9.17, 15) is 0 Å². The SMILES string of the molecule is Cc1csc(CSc2cccc(CNC3CC3)c2)n1. The second-order valence-corrected chi connectivity index (χ2v) is 6.97. The first-order valence-electron chi connectivity index (χ1n) is 6.66. The second kappa shape index (κ2) is 6.07. The molecule has 4 heteroatoms. The molecular formula is C15H18N2S2. The van der Waals surface area contributed by atoms with Gasteiger partial charge in [-0.1, -0.05) is 12.1 Å². The molecule has 1 saturated carbocycles. The first-order valence-corrected chi connectivity index (χ1v) is 8.52. The van der Waals surface area contributed by atoms with Crippen molar-refractivity contribution in [1.82, 2.24) is 10.3 Å². The quantitative estimate of drug-likeness (QED) is 0.814. The predicted molar refractivity (Wildman–Crippen MR) is 82.7 cm³/mol. The molecule has 1 heterocycles. The van der Waals surface area contributed by atoms with Crippen molar-refractivity contribution in [3.8, 4) is 0 Å². The number of benzene rings is 1. The van der Waals surface area contributed by atoms with Crippen LogP contribution in [0.25, 0.3) is 0 Å². The molecule has 100 valence electrons. The average Bonchev–Trinajstić information content (AvgIpc) is 3.16. The van der Waals surface area contributed by atoms with Crippen LogP contribution in [0, 0.1) is 6.92 Å². The molecule has 0 saturated heterocycles. The molecule has 19 heavy (non-hydrogen) atoms. The Labute approximate surface area is 122 Å². The molecule has 1 aromatic heterocycles. The van der Waals surface area contributed by atoms with Crippen molar-refractivity contribution in [2.75, 3.05) is 0 Å². The van der Waals surface area contributed by atoms with Crippen LogP contribution in [-0.4, -0.2) is 11.0 Å². The molecule has 1 aromatic carbocycles. The Morgan fingerprint density at radius 2 is 2.32 bits per heavy atom. The van der Waals surface area contributed by atoms with Crippen molar-refractivity contribution in [2.45, 2.75) is 43.0 Å². The van der Waals surface area contributed by atoms with E-state index in [1.807, 2.05) is 11.8 Å². The van der Waals surface area contributed by atoms with Gasteiger partial charge < -0.3 is 5.32 Å². The number of hydrogen-bond donors (Lipinski definition) is 1. The monoisotopic (exact) mass is 290 g/mol. The zero-order valence-electron chi connectivity index (χ0n) is 11.1. The normalized spacial score (nSPS) is 14.8. The Kier molecular flexibility index (Phi) is 4.21. The highest BCUT2D eigenvalue weighted by Gasteiger charge is 2.19. The van der Waals surface area contributed by atoms with Crippen LogP contribution in [0.4, 0.5) is 0 Å². The van der Waals surface area contributed by atoms with E-state index in [2.05, 4.69) is 46.9 Å². The fourth-order valence-electron chi connectivity index (χ4n) is 1.91. The molecule has 1 aliphatic carbocycles. The van der Waals surface area contributed by atoms with Crippen molar-refractivity contribution < 1.29 is 0 Å². The van der Waals surface area contributed by atoms with E-state index in [1.165, 1.54) is 28.3 Å². The summed E-state index contributed by atoms with van der Waals surface area (Å²) >= 11 is 3.62. The Hall–Kier alpha value is -0.840. The molecule has 0 amide bonds. The fraction of sp³-hybridized carbons (Fsp3) is 0.400. The molecule has 1 N–H and O–H groups in total. The zero-order valence-corrected chi connectivity index (χ0v) is 12.7. The Morgan fingerprint density at radius 3 is 3.05 bits per heavy atom. The first-order chi connectivity index (χ1) is 9.29. The molecular weight excluding hydrogens is 272 g/mol. The molecule has 0 unspecified atom stereocenters. The van der Waals surface area contributed by atoms with Gasteiger partial charge in [0.05, 0.1) is 5.75 Å². The lowest BCUT2D eigenvalue weighted by Gasteiger charge is -2.05. The third kappa shape index (κ3) is 4.06. The van der Waals surface area contributed by atoms with Gasteiger partial charge in [0.15, 0.2) is 0 Å². The number of thiazole rings is 1. The largest absolute Gasteiger partial charge is 0.310 e. The smallest absolute Gasteiger partial charge is 0.103 e. The van der Waals surface area contributed by atoms with E-state index >= 15 is 0 Å². The minimum Gasteiger partial charge on any atom is -0.310 e. The number of aromatic nitrogens is 1. The van der Waals surface area contributed by atoms with Crippen LogP contribution in [0.15, 0.2) is 34.5 Å². The lowest BCUT2D eigenvalue weighted by molar-refractivity contribution is 0.687. The molecule has 0 aliphatic heterocycles.